The maximum absolute atomic E-state index is 10.7. The van der Waals surface area contributed by atoms with Gasteiger partial charge in [-0.25, -0.2) is 0 Å². The SMILES string of the molecule is CCCCCCCCCCCCCCCCCCc1cc(C)c(O)c(CCCCCCCCCCCCCCCCCC)c1. The number of benzene rings is 1. The number of hydrogen-bond donors (Lipinski definition) is 1. The van der Waals surface area contributed by atoms with Crippen molar-refractivity contribution in [3.8, 4) is 5.75 Å². The van der Waals surface area contributed by atoms with Crippen LogP contribution in [-0.2, 0) is 12.8 Å². The van der Waals surface area contributed by atoms with Gasteiger partial charge in [0.15, 0.2) is 0 Å². The summed E-state index contributed by atoms with van der Waals surface area (Å²) < 4.78 is 0. The van der Waals surface area contributed by atoms with Gasteiger partial charge in [-0.2, -0.15) is 0 Å². The molecular formula is C43H80O. The first-order valence-corrected chi connectivity index (χ1v) is 20.5. The molecule has 0 aliphatic rings. The van der Waals surface area contributed by atoms with Crippen LogP contribution in [0.2, 0.25) is 0 Å². The second-order valence-corrected chi connectivity index (χ2v) is 14.5. The molecule has 1 nitrogen and oxygen atoms in total. The van der Waals surface area contributed by atoms with E-state index >= 15 is 0 Å². The summed E-state index contributed by atoms with van der Waals surface area (Å²) >= 11 is 0. The molecule has 1 heteroatoms. The molecule has 1 aromatic rings. The van der Waals surface area contributed by atoms with Crippen LogP contribution in [0.25, 0.3) is 0 Å². The van der Waals surface area contributed by atoms with E-state index in [1.165, 1.54) is 223 Å². The Hall–Kier alpha value is -0.980. The summed E-state index contributed by atoms with van der Waals surface area (Å²) in [6.07, 6.45) is 47.5. The third kappa shape index (κ3) is 25.2. The van der Waals surface area contributed by atoms with Gasteiger partial charge in [-0.15, -0.1) is 0 Å². The van der Waals surface area contributed by atoms with E-state index < -0.39 is 0 Å². The molecular weight excluding hydrogens is 532 g/mol. The maximum Gasteiger partial charge on any atom is 0.121 e. The van der Waals surface area contributed by atoms with Crippen LogP contribution in [0, 0.1) is 6.92 Å². The van der Waals surface area contributed by atoms with Gasteiger partial charge in [0.05, 0.1) is 0 Å². The number of aryl methyl sites for hydroxylation is 3. The van der Waals surface area contributed by atoms with Gasteiger partial charge in [-0.1, -0.05) is 219 Å². The molecule has 0 spiro atoms. The Kier molecular flexibility index (Phi) is 29.8. The Labute approximate surface area is 278 Å². The predicted octanol–water partition coefficient (Wildman–Crippen LogP) is 15.3. The minimum absolute atomic E-state index is 0.557. The number of phenolic OH excluding ortho intramolecular Hbond substituents is 1. The van der Waals surface area contributed by atoms with Crippen molar-refractivity contribution in [3.05, 3.63) is 28.8 Å². The molecule has 0 unspecified atom stereocenters. The molecule has 0 heterocycles. The third-order valence-corrected chi connectivity index (χ3v) is 10.1. The lowest BCUT2D eigenvalue weighted by Crippen LogP contribution is -1.94. The van der Waals surface area contributed by atoms with Crippen molar-refractivity contribution in [2.24, 2.45) is 0 Å². The van der Waals surface area contributed by atoms with E-state index in [1.54, 1.807) is 0 Å². The van der Waals surface area contributed by atoms with Gasteiger partial charge in [0.25, 0.3) is 0 Å². The zero-order valence-corrected chi connectivity index (χ0v) is 30.6. The number of unbranched alkanes of at least 4 members (excludes halogenated alkanes) is 30. The van der Waals surface area contributed by atoms with Crippen LogP contribution in [-0.4, -0.2) is 5.11 Å². The molecule has 0 bridgehead atoms. The van der Waals surface area contributed by atoms with E-state index in [0.29, 0.717) is 5.75 Å². The van der Waals surface area contributed by atoms with Crippen LogP contribution in [0.15, 0.2) is 12.1 Å². The van der Waals surface area contributed by atoms with Crippen LogP contribution in [0.5, 0.6) is 5.75 Å². The second kappa shape index (κ2) is 32.0. The molecule has 0 aliphatic carbocycles. The Morgan fingerprint density at radius 3 is 0.955 bits per heavy atom. The molecule has 1 N–H and O–H groups in total. The Morgan fingerprint density at radius 2 is 0.636 bits per heavy atom. The van der Waals surface area contributed by atoms with Crippen molar-refractivity contribution in [2.75, 3.05) is 0 Å². The highest BCUT2D eigenvalue weighted by atomic mass is 16.3. The van der Waals surface area contributed by atoms with Crippen LogP contribution in [0.1, 0.15) is 236 Å². The normalized spacial score (nSPS) is 11.5. The van der Waals surface area contributed by atoms with Crippen LogP contribution in [0.4, 0.5) is 0 Å². The molecule has 0 radical (unpaired) electrons. The van der Waals surface area contributed by atoms with Gasteiger partial charge >= 0.3 is 0 Å². The van der Waals surface area contributed by atoms with Crippen molar-refractivity contribution < 1.29 is 5.11 Å². The van der Waals surface area contributed by atoms with Crippen molar-refractivity contribution in [1.29, 1.82) is 0 Å². The van der Waals surface area contributed by atoms with E-state index in [4.69, 9.17) is 0 Å². The molecule has 0 aromatic heterocycles. The largest absolute Gasteiger partial charge is 0.507 e. The van der Waals surface area contributed by atoms with Crippen LogP contribution in [0.3, 0.4) is 0 Å². The quantitative estimate of drug-likeness (QED) is 0.0768. The first-order valence-electron chi connectivity index (χ1n) is 20.5. The van der Waals surface area contributed by atoms with Gasteiger partial charge < -0.3 is 5.11 Å². The number of rotatable bonds is 34. The summed E-state index contributed by atoms with van der Waals surface area (Å²) in [6.45, 7) is 6.69. The van der Waals surface area contributed by atoms with Crippen LogP contribution < -0.4 is 0 Å². The first kappa shape index (κ1) is 41.0. The minimum Gasteiger partial charge on any atom is -0.507 e. The minimum atomic E-state index is 0.557. The fraction of sp³-hybridized carbons (Fsp3) is 0.860. The number of hydrogen-bond acceptors (Lipinski definition) is 1. The molecule has 0 saturated carbocycles. The lowest BCUT2D eigenvalue weighted by atomic mass is 9.96. The first-order chi connectivity index (χ1) is 21.7. The molecule has 0 aliphatic heterocycles. The molecule has 44 heavy (non-hydrogen) atoms. The van der Waals surface area contributed by atoms with Gasteiger partial charge in [-0.05, 0) is 49.3 Å². The van der Waals surface area contributed by atoms with E-state index in [2.05, 4.69) is 32.9 Å². The fourth-order valence-electron chi connectivity index (χ4n) is 7.01. The summed E-state index contributed by atoms with van der Waals surface area (Å²) in [5, 5.41) is 10.7. The van der Waals surface area contributed by atoms with Gasteiger partial charge in [-0.3, -0.25) is 0 Å². The summed E-state index contributed by atoms with van der Waals surface area (Å²) in [7, 11) is 0. The summed E-state index contributed by atoms with van der Waals surface area (Å²) in [6, 6.07) is 4.55. The lowest BCUT2D eigenvalue weighted by molar-refractivity contribution is 0.461. The summed E-state index contributed by atoms with van der Waals surface area (Å²) in [5.41, 5.74) is 3.71. The summed E-state index contributed by atoms with van der Waals surface area (Å²) in [5.74, 6) is 0.557. The van der Waals surface area contributed by atoms with Gasteiger partial charge in [0, 0.05) is 0 Å². The standard InChI is InChI=1S/C43H80O/c1-4-6-8-10-12-14-16-18-20-22-24-26-28-30-32-34-36-41-38-40(3)43(44)42(39-41)37-35-33-31-29-27-25-23-21-19-17-15-13-11-9-7-5-2/h38-39,44H,4-37H2,1-3H3. The molecule has 0 atom stereocenters. The van der Waals surface area contributed by atoms with E-state index in [1.807, 2.05) is 0 Å². The molecule has 0 saturated heterocycles. The molecule has 258 valence electrons. The lowest BCUT2D eigenvalue weighted by Gasteiger charge is -2.11. The van der Waals surface area contributed by atoms with Gasteiger partial charge in [0.1, 0.15) is 5.75 Å². The maximum atomic E-state index is 10.7. The third-order valence-electron chi connectivity index (χ3n) is 10.1. The fourth-order valence-corrected chi connectivity index (χ4v) is 7.01. The average molecular weight is 613 g/mol. The second-order valence-electron chi connectivity index (χ2n) is 14.5. The zero-order valence-electron chi connectivity index (χ0n) is 30.6. The summed E-state index contributed by atoms with van der Waals surface area (Å²) in [4.78, 5) is 0. The van der Waals surface area contributed by atoms with Gasteiger partial charge in [0.2, 0.25) is 0 Å². The zero-order chi connectivity index (χ0) is 31.8. The molecule has 1 aromatic carbocycles. The molecule has 0 fully saturated rings. The predicted molar refractivity (Wildman–Crippen MR) is 199 cm³/mol. The Morgan fingerprint density at radius 1 is 0.364 bits per heavy atom. The van der Waals surface area contributed by atoms with Crippen molar-refractivity contribution >= 4 is 0 Å². The smallest absolute Gasteiger partial charge is 0.121 e. The highest BCUT2D eigenvalue weighted by molar-refractivity contribution is 5.43. The number of aromatic hydroxyl groups is 1. The van der Waals surface area contributed by atoms with Crippen molar-refractivity contribution in [2.45, 2.75) is 239 Å². The van der Waals surface area contributed by atoms with Crippen molar-refractivity contribution in [1.82, 2.24) is 0 Å². The molecule has 0 amide bonds. The monoisotopic (exact) mass is 613 g/mol. The van der Waals surface area contributed by atoms with Crippen LogP contribution >= 0.6 is 0 Å². The van der Waals surface area contributed by atoms with Crippen molar-refractivity contribution in [3.63, 3.8) is 0 Å². The Bertz CT molecular complexity index is 722. The Balaban J connectivity index is 1.97. The topological polar surface area (TPSA) is 20.2 Å². The van der Waals surface area contributed by atoms with E-state index in [0.717, 1.165) is 12.0 Å². The van der Waals surface area contributed by atoms with E-state index in [-0.39, 0.29) is 0 Å². The molecule has 1 rings (SSSR count). The highest BCUT2D eigenvalue weighted by Crippen LogP contribution is 2.27. The average Bonchev–Trinajstić information content (AvgIpc) is 3.02. The van der Waals surface area contributed by atoms with E-state index in [9.17, 15) is 5.11 Å². The highest BCUT2D eigenvalue weighted by Gasteiger charge is 2.08. The number of phenols is 1.